The molecule has 2 aromatic rings. The van der Waals surface area contributed by atoms with Crippen LogP contribution in [-0.4, -0.2) is 4.98 Å². The van der Waals surface area contributed by atoms with Crippen molar-refractivity contribution < 1.29 is 4.39 Å². The van der Waals surface area contributed by atoms with Gasteiger partial charge in [-0.05, 0) is 29.8 Å². The third-order valence-electron chi connectivity index (χ3n) is 2.02. The molecule has 1 aromatic heterocycles. The maximum Gasteiger partial charge on any atom is 0.126 e. The van der Waals surface area contributed by atoms with Crippen molar-refractivity contribution in [1.29, 1.82) is 0 Å². The molecule has 2 rings (SSSR count). The van der Waals surface area contributed by atoms with E-state index in [1.54, 1.807) is 0 Å². The molecule has 0 radical (unpaired) electrons. The first-order valence-electron chi connectivity index (χ1n) is 4.56. The Morgan fingerprint density at radius 3 is 2.87 bits per heavy atom. The molecular formula is C11H10BrFN2. The van der Waals surface area contributed by atoms with Gasteiger partial charge in [-0.3, -0.25) is 0 Å². The highest BCUT2D eigenvalue weighted by atomic mass is 79.9. The van der Waals surface area contributed by atoms with Gasteiger partial charge in [0, 0.05) is 29.1 Å². The molecule has 2 N–H and O–H groups in total. The molecule has 1 heterocycles. The van der Waals surface area contributed by atoms with E-state index in [1.165, 1.54) is 12.1 Å². The standard InChI is InChI=1S/C11H10BrFN2/c12-9-3-10(13)5-11(4-9)15-7-8-1-2-14-6-8/h1-6,14-15H,7H2. The number of halogens is 2. The van der Waals surface area contributed by atoms with Crippen LogP contribution in [0.25, 0.3) is 0 Å². The van der Waals surface area contributed by atoms with Crippen molar-refractivity contribution in [3.8, 4) is 0 Å². The van der Waals surface area contributed by atoms with Gasteiger partial charge in [0.25, 0.3) is 0 Å². The Kier molecular flexibility index (Phi) is 3.06. The average molecular weight is 269 g/mol. The van der Waals surface area contributed by atoms with Crippen molar-refractivity contribution in [3.05, 3.63) is 52.5 Å². The molecule has 0 unspecified atom stereocenters. The van der Waals surface area contributed by atoms with Crippen LogP contribution < -0.4 is 5.32 Å². The predicted molar refractivity (Wildman–Crippen MR) is 62.2 cm³/mol. The molecule has 0 spiro atoms. The van der Waals surface area contributed by atoms with Gasteiger partial charge in [0.15, 0.2) is 0 Å². The smallest absolute Gasteiger partial charge is 0.126 e. The van der Waals surface area contributed by atoms with Gasteiger partial charge in [-0.1, -0.05) is 15.9 Å². The number of hydrogen-bond donors (Lipinski definition) is 2. The van der Waals surface area contributed by atoms with Gasteiger partial charge in [0.2, 0.25) is 0 Å². The molecule has 4 heteroatoms. The summed E-state index contributed by atoms with van der Waals surface area (Å²) in [5.74, 6) is -0.249. The van der Waals surface area contributed by atoms with Gasteiger partial charge in [0.05, 0.1) is 0 Å². The fourth-order valence-corrected chi connectivity index (χ4v) is 1.79. The van der Waals surface area contributed by atoms with E-state index >= 15 is 0 Å². The molecule has 15 heavy (non-hydrogen) atoms. The van der Waals surface area contributed by atoms with E-state index in [1.807, 2.05) is 24.5 Å². The van der Waals surface area contributed by atoms with Gasteiger partial charge in [-0.25, -0.2) is 4.39 Å². The van der Waals surface area contributed by atoms with E-state index < -0.39 is 0 Å². The maximum absolute atomic E-state index is 13.0. The molecule has 1 aromatic carbocycles. The molecule has 2 nitrogen and oxygen atoms in total. The van der Waals surface area contributed by atoms with Crippen molar-refractivity contribution in [2.75, 3.05) is 5.32 Å². The highest BCUT2D eigenvalue weighted by Gasteiger charge is 1.98. The Hall–Kier alpha value is -1.29. The third kappa shape index (κ3) is 2.83. The topological polar surface area (TPSA) is 27.8 Å². The molecule has 0 saturated heterocycles. The Balaban J connectivity index is 2.05. The highest BCUT2D eigenvalue weighted by Crippen LogP contribution is 2.19. The van der Waals surface area contributed by atoms with Gasteiger partial charge >= 0.3 is 0 Å². The van der Waals surface area contributed by atoms with Crippen LogP contribution in [0.1, 0.15) is 5.56 Å². The fraction of sp³-hybridized carbons (Fsp3) is 0.0909. The molecule has 0 aliphatic heterocycles. The molecule has 0 atom stereocenters. The van der Waals surface area contributed by atoms with Crippen LogP contribution in [0.3, 0.4) is 0 Å². The lowest BCUT2D eigenvalue weighted by molar-refractivity contribution is 0.627. The summed E-state index contributed by atoms with van der Waals surface area (Å²) in [6.07, 6.45) is 3.76. The van der Waals surface area contributed by atoms with E-state index in [9.17, 15) is 4.39 Å². The number of rotatable bonds is 3. The summed E-state index contributed by atoms with van der Waals surface area (Å²) in [6, 6.07) is 6.72. The molecule has 0 bridgehead atoms. The van der Waals surface area contributed by atoms with Gasteiger partial charge < -0.3 is 10.3 Å². The zero-order valence-corrected chi connectivity index (χ0v) is 9.51. The second kappa shape index (κ2) is 4.49. The molecule has 0 aliphatic carbocycles. The number of benzene rings is 1. The largest absolute Gasteiger partial charge is 0.381 e. The van der Waals surface area contributed by atoms with Gasteiger partial charge in [-0.2, -0.15) is 0 Å². The Morgan fingerprint density at radius 2 is 2.20 bits per heavy atom. The molecule has 0 fully saturated rings. The summed E-state index contributed by atoms with van der Waals surface area (Å²) < 4.78 is 13.8. The average Bonchev–Trinajstić information content (AvgIpc) is 2.65. The molecule has 0 aliphatic rings. The van der Waals surface area contributed by atoms with Crippen LogP contribution in [0.15, 0.2) is 41.1 Å². The van der Waals surface area contributed by atoms with Crippen LogP contribution in [0, 0.1) is 5.82 Å². The minimum atomic E-state index is -0.249. The van der Waals surface area contributed by atoms with Crippen molar-refractivity contribution >= 4 is 21.6 Å². The lowest BCUT2D eigenvalue weighted by Gasteiger charge is -2.05. The molecular weight excluding hydrogens is 259 g/mol. The van der Waals surface area contributed by atoms with E-state index in [0.717, 1.165) is 15.7 Å². The zero-order valence-electron chi connectivity index (χ0n) is 7.93. The summed E-state index contributed by atoms with van der Waals surface area (Å²) in [7, 11) is 0. The Bertz CT molecular complexity index is 420. The van der Waals surface area contributed by atoms with Crippen LogP contribution in [0.5, 0.6) is 0 Å². The number of hydrogen-bond acceptors (Lipinski definition) is 1. The number of anilines is 1. The van der Waals surface area contributed by atoms with E-state index in [-0.39, 0.29) is 5.82 Å². The number of aromatic amines is 1. The maximum atomic E-state index is 13.0. The van der Waals surface area contributed by atoms with E-state index in [0.29, 0.717) is 6.54 Å². The summed E-state index contributed by atoms with van der Waals surface area (Å²) >= 11 is 3.25. The third-order valence-corrected chi connectivity index (χ3v) is 2.48. The molecule has 0 saturated carbocycles. The predicted octanol–water partition coefficient (Wildman–Crippen LogP) is 3.53. The van der Waals surface area contributed by atoms with Crippen LogP contribution in [0.4, 0.5) is 10.1 Å². The van der Waals surface area contributed by atoms with Crippen molar-refractivity contribution in [1.82, 2.24) is 4.98 Å². The van der Waals surface area contributed by atoms with Crippen molar-refractivity contribution in [3.63, 3.8) is 0 Å². The Labute approximate surface area is 95.6 Å². The monoisotopic (exact) mass is 268 g/mol. The van der Waals surface area contributed by atoms with Crippen molar-refractivity contribution in [2.45, 2.75) is 6.54 Å². The fourth-order valence-electron chi connectivity index (χ4n) is 1.33. The highest BCUT2D eigenvalue weighted by molar-refractivity contribution is 9.10. The lowest BCUT2D eigenvalue weighted by Crippen LogP contribution is -1.98. The molecule has 0 amide bonds. The summed E-state index contributed by atoms with van der Waals surface area (Å²) in [5.41, 5.74) is 1.90. The van der Waals surface area contributed by atoms with Crippen molar-refractivity contribution in [2.24, 2.45) is 0 Å². The lowest BCUT2D eigenvalue weighted by atomic mass is 10.3. The van der Waals surface area contributed by atoms with Gasteiger partial charge in [0.1, 0.15) is 5.82 Å². The van der Waals surface area contributed by atoms with E-state index in [4.69, 9.17) is 0 Å². The van der Waals surface area contributed by atoms with E-state index in [2.05, 4.69) is 26.2 Å². The summed E-state index contributed by atoms with van der Waals surface area (Å²) in [6.45, 7) is 0.680. The first-order chi connectivity index (χ1) is 7.24. The quantitative estimate of drug-likeness (QED) is 0.876. The first-order valence-corrected chi connectivity index (χ1v) is 5.35. The summed E-state index contributed by atoms with van der Waals surface area (Å²) in [4.78, 5) is 2.97. The molecule has 78 valence electrons. The normalized spacial score (nSPS) is 10.3. The zero-order chi connectivity index (χ0) is 10.7. The first kappa shape index (κ1) is 10.2. The van der Waals surface area contributed by atoms with Crippen LogP contribution in [0.2, 0.25) is 0 Å². The number of nitrogens with one attached hydrogen (secondary N) is 2. The van der Waals surface area contributed by atoms with Crippen LogP contribution >= 0.6 is 15.9 Å². The SMILES string of the molecule is Fc1cc(Br)cc(NCc2cc[nH]c2)c1. The second-order valence-corrected chi connectivity index (χ2v) is 4.15. The summed E-state index contributed by atoms with van der Waals surface area (Å²) in [5, 5.41) is 3.14. The van der Waals surface area contributed by atoms with Gasteiger partial charge in [-0.15, -0.1) is 0 Å². The van der Waals surface area contributed by atoms with Crippen LogP contribution in [-0.2, 0) is 6.54 Å². The number of aromatic nitrogens is 1. The minimum absolute atomic E-state index is 0.249. The number of H-pyrrole nitrogens is 1. The Morgan fingerprint density at radius 1 is 1.33 bits per heavy atom. The minimum Gasteiger partial charge on any atom is -0.381 e. The second-order valence-electron chi connectivity index (χ2n) is 3.23.